The molecule has 0 amide bonds. The van der Waals surface area contributed by atoms with Crippen molar-refractivity contribution in [2.24, 2.45) is 0 Å². The van der Waals surface area contributed by atoms with E-state index in [9.17, 15) is 0 Å². The molecule has 0 radical (unpaired) electrons. The van der Waals surface area contributed by atoms with E-state index in [1.165, 1.54) is 18.1 Å². The van der Waals surface area contributed by atoms with Crippen LogP contribution in [0.15, 0.2) is 27.3 Å². The van der Waals surface area contributed by atoms with Crippen LogP contribution in [0.4, 0.5) is 0 Å². The topological polar surface area (TPSA) is 51.8 Å². The van der Waals surface area contributed by atoms with Crippen molar-refractivity contribution >= 4 is 23.4 Å². The molecule has 0 fully saturated rings. The summed E-state index contributed by atoms with van der Waals surface area (Å²) in [5.41, 5.74) is 1.81. The highest BCUT2D eigenvalue weighted by atomic mass is 35.5. The van der Waals surface area contributed by atoms with Crippen LogP contribution in [-0.4, -0.2) is 15.0 Å². The smallest absolute Gasteiger partial charge is 0.262 e. The molecular formula is C11H12ClN3OS. The molecule has 0 atom stereocenters. The highest BCUT2D eigenvalue weighted by Crippen LogP contribution is 2.31. The molecule has 0 aromatic carbocycles. The molecule has 6 heteroatoms. The fraction of sp³-hybridized carbons (Fsp3) is 0.364. The molecule has 0 unspecified atom stereocenters. The van der Waals surface area contributed by atoms with Crippen LogP contribution in [0.25, 0.3) is 0 Å². The van der Waals surface area contributed by atoms with Gasteiger partial charge in [0.25, 0.3) is 5.22 Å². The summed E-state index contributed by atoms with van der Waals surface area (Å²) in [6.45, 7) is 3.97. The Kier molecular flexibility index (Phi) is 4.02. The molecule has 4 nitrogen and oxygen atoms in total. The van der Waals surface area contributed by atoms with Gasteiger partial charge in [-0.2, -0.15) is 0 Å². The van der Waals surface area contributed by atoms with Crippen LogP contribution in [0.5, 0.6) is 0 Å². The molecule has 0 bridgehead atoms. The van der Waals surface area contributed by atoms with Gasteiger partial charge in [-0.3, -0.25) is 0 Å². The number of aryl methyl sites for hydroxylation is 1. The van der Waals surface area contributed by atoms with E-state index < -0.39 is 0 Å². The van der Waals surface area contributed by atoms with Gasteiger partial charge in [-0.1, -0.05) is 24.9 Å². The largest absolute Gasteiger partial charge is 0.439 e. The molecule has 2 rings (SSSR count). The Balaban J connectivity index is 2.28. The van der Waals surface area contributed by atoms with Crippen LogP contribution >= 0.6 is 23.4 Å². The number of hydrogen-bond donors (Lipinski definition) is 0. The van der Waals surface area contributed by atoms with Crippen LogP contribution in [-0.2, 0) is 6.42 Å². The molecule has 0 spiro atoms. The Hall–Kier alpha value is -1.07. The van der Waals surface area contributed by atoms with E-state index in [4.69, 9.17) is 16.0 Å². The summed E-state index contributed by atoms with van der Waals surface area (Å²) in [6.07, 6.45) is 4.91. The minimum atomic E-state index is 0.507. The van der Waals surface area contributed by atoms with Gasteiger partial charge in [0.15, 0.2) is 0 Å². The maximum Gasteiger partial charge on any atom is 0.262 e. The molecule has 0 aliphatic heterocycles. The third-order valence-electron chi connectivity index (χ3n) is 2.14. The van der Waals surface area contributed by atoms with Crippen molar-refractivity contribution in [1.29, 1.82) is 0 Å². The minimum absolute atomic E-state index is 0.507. The van der Waals surface area contributed by atoms with Crippen molar-refractivity contribution in [3.63, 3.8) is 0 Å². The molecule has 17 heavy (non-hydrogen) atoms. The lowest BCUT2D eigenvalue weighted by Gasteiger charge is -2.05. The number of aromatic nitrogens is 3. The molecule has 2 aromatic heterocycles. The fourth-order valence-corrected chi connectivity index (χ4v) is 2.54. The maximum atomic E-state index is 6.06. The zero-order chi connectivity index (χ0) is 12.3. The van der Waals surface area contributed by atoms with E-state index in [2.05, 4.69) is 21.9 Å². The van der Waals surface area contributed by atoms with E-state index in [1.54, 1.807) is 6.26 Å². The molecule has 0 N–H and O–H groups in total. The van der Waals surface area contributed by atoms with Gasteiger partial charge in [-0.05, 0) is 25.1 Å². The van der Waals surface area contributed by atoms with Crippen LogP contribution in [0.3, 0.4) is 0 Å². The van der Waals surface area contributed by atoms with Gasteiger partial charge < -0.3 is 4.42 Å². The van der Waals surface area contributed by atoms with Gasteiger partial charge in [-0.25, -0.2) is 15.0 Å². The molecular weight excluding hydrogens is 258 g/mol. The number of oxazole rings is 1. The van der Waals surface area contributed by atoms with Gasteiger partial charge in [0, 0.05) is 5.56 Å². The van der Waals surface area contributed by atoms with Crippen molar-refractivity contribution in [1.82, 2.24) is 15.0 Å². The lowest BCUT2D eigenvalue weighted by atomic mass is 10.2. The quantitative estimate of drug-likeness (QED) is 0.795. The number of rotatable bonds is 4. The Morgan fingerprint density at radius 3 is 2.88 bits per heavy atom. The molecule has 0 saturated carbocycles. The van der Waals surface area contributed by atoms with Gasteiger partial charge in [0.2, 0.25) is 0 Å². The Bertz CT molecular complexity index is 515. The summed E-state index contributed by atoms with van der Waals surface area (Å²) in [7, 11) is 0. The Morgan fingerprint density at radius 2 is 2.24 bits per heavy atom. The summed E-state index contributed by atoms with van der Waals surface area (Å²) < 4.78 is 5.29. The minimum Gasteiger partial charge on any atom is -0.439 e. The number of hydrogen-bond acceptors (Lipinski definition) is 5. The highest BCUT2D eigenvalue weighted by molar-refractivity contribution is 7.99. The first-order valence-corrected chi connectivity index (χ1v) is 6.49. The van der Waals surface area contributed by atoms with Crippen molar-refractivity contribution in [2.75, 3.05) is 0 Å². The van der Waals surface area contributed by atoms with Gasteiger partial charge in [-0.15, -0.1) is 0 Å². The molecule has 0 saturated heterocycles. The second-order valence-electron chi connectivity index (χ2n) is 3.56. The SMILES string of the molecule is CCCc1c(Cl)ncnc1Sc1nc(C)co1. The predicted molar refractivity (Wildman–Crippen MR) is 66.4 cm³/mol. The molecule has 2 heterocycles. The Morgan fingerprint density at radius 1 is 1.41 bits per heavy atom. The average Bonchev–Trinajstić information content (AvgIpc) is 2.69. The van der Waals surface area contributed by atoms with E-state index >= 15 is 0 Å². The fourth-order valence-electron chi connectivity index (χ4n) is 1.39. The number of halogens is 1. The van der Waals surface area contributed by atoms with Gasteiger partial charge >= 0.3 is 0 Å². The normalized spacial score (nSPS) is 10.8. The van der Waals surface area contributed by atoms with E-state index in [0.29, 0.717) is 10.4 Å². The lowest BCUT2D eigenvalue weighted by Crippen LogP contribution is -1.95. The summed E-state index contributed by atoms with van der Waals surface area (Å²) >= 11 is 7.44. The van der Waals surface area contributed by atoms with Crippen molar-refractivity contribution in [3.05, 3.63) is 29.0 Å². The van der Waals surface area contributed by atoms with Crippen LogP contribution in [0.2, 0.25) is 5.15 Å². The maximum absolute atomic E-state index is 6.06. The second-order valence-corrected chi connectivity index (χ2v) is 4.85. The van der Waals surface area contributed by atoms with Crippen LogP contribution in [0, 0.1) is 6.92 Å². The van der Waals surface area contributed by atoms with E-state index in [1.807, 2.05) is 6.92 Å². The lowest BCUT2D eigenvalue weighted by molar-refractivity contribution is 0.453. The number of nitrogens with zero attached hydrogens (tertiary/aromatic N) is 3. The van der Waals surface area contributed by atoms with E-state index in [-0.39, 0.29) is 0 Å². The molecule has 2 aromatic rings. The summed E-state index contributed by atoms with van der Waals surface area (Å²) in [6, 6.07) is 0. The molecule has 0 aliphatic carbocycles. The highest BCUT2D eigenvalue weighted by Gasteiger charge is 2.13. The molecule has 0 aliphatic rings. The summed E-state index contributed by atoms with van der Waals surface area (Å²) in [5.74, 6) is 0. The first kappa shape index (κ1) is 12.4. The first-order chi connectivity index (χ1) is 8.20. The third-order valence-corrected chi connectivity index (χ3v) is 3.37. The van der Waals surface area contributed by atoms with Crippen LogP contribution in [0.1, 0.15) is 24.6 Å². The van der Waals surface area contributed by atoms with Crippen molar-refractivity contribution in [2.45, 2.75) is 36.9 Å². The average molecular weight is 270 g/mol. The van der Waals surface area contributed by atoms with Crippen molar-refractivity contribution in [3.8, 4) is 0 Å². The zero-order valence-electron chi connectivity index (χ0n) is 9.61. The summed E-state index contributed by atoms with van der Waals surface area (Å²) in [4.78, 5) is 12.5. The summed E-state index contributed by atoms with van der Waals surface area (Å²) in [5, 5.41) is 1.90. The zero-order valence-corrected chi connectivity index (χ0v) is 11.2. The predicted octanol–water partition coefficient (Wildman–Crippen LogP) is 3.53. The van der Waals surface area contributed by atoms with Gasteiger partial charge in [0.05, 0.1) is 5.69 Å². The van der Waals surface area contributed by atoms with Gasteiger partial charge in [0.1, 0.15) is 22.8 Å². The second kappa shape index (κ2) is 5.51. The Labute approximate surface area is 109 Å². The molecule has 90 valence electrons. The first-order valence-electron chi connectivity index (χ1n) is 5.30. The van der Waals surface area contributed by atoms with E-state index in [0.717, 1.165) is 29.1 Å². The van der Waals surface area contributed by atoms with Crippen molar-refractivity contribution < 1.29 is 4.42 Å². The van der Waals surface area contributed by atoms with Crippen LogP contribution < -0.4 is 0 Å². The third kappa shape index (κ3) is 2.98. The monoisotopic (exact) mass is 269 g/mol. The standard InChI is InChI=1S/C11H12ClN3OS/c1-3-4-8-9(12)13-6-14-10(8)17-11-15-7(2)5-16-11/h5-6H,3-4H2,1-2H3.